The van der Waals surface area contributed by atoms with E-state index in [1.54, 1.807) is 6.08 Å². The van der Waals surface area contributed by atoms with Gasteiger partial charge in [-0.05, 0) is 105 Å². The highest BCUT2D eigenvalue weighted by Crippen LogP contribution is 2.54. The average Bonchev–Trinajstić information content (AvgIpc) is 3.84. The molecule has 352 valence electrons. The molecule has 0 atom stereocenters. The van der Waals surface area contributed by atoms with E-state index in [0.717, 1.165) is 114 Å². The molecule has 3 heterocycles. The van der Waals surface area contributed by atoms with Gasteiger partial charge in [0.2, 0.25) is 0 Å². The predicted molar refractivity (Wildman–Crippen MR) is 279 cm³/mol. The average molecular weight is 914 g/mol. The first-order valence-electron chi connectivity index (χ1n) is 23.2. The Morgan fingerprint density at radius 1 is 0.939 bits per heavy atom. The van der Waals surface area contributed by atoms with Gasteiger partial charge in [0.05, 0.1) is 10.7 Å². The molecule has 1 saturated carbocycles. The monoisotopic (exact) mass is 914 g/mol. The normalized spacial score (nSPS) is 16.7. The zero-order valence-electron chi connectivity index (χ0n) is 40.8. The number of alkyl halides is 2. The molecule has 3 N–H and O–H groups in total. The number of piperazine rings is 1. The summed E-state index contributed by atoms with van der Waals surface area (Å²) in [6, 6.07) is 22.7. The molecule has 66 heavy (non-hydrogen) atoms. The number of rotatable bonds is 19. The molecule has 0 amide bonds. The van der Waals surface area contributed by atoms with Crippen molar-refractivity contribution in [2.75, 3.05) is 70.6 Å². The Kier molecular flexibility index (Phi) is 15.7. The van der Waals surface area contributed by atoms with Crippen molar-refractivity contribution in [2.45, 2.75) is 78.1 Å². The molecule has 2 aliphatic carbocycles. The van der Waals surface area contributed by atoms with Gasteiger partial charge >= 0.3 is 0 Å². The quantitative estimate of drug-likeness (QED) is 0.0810. The van der Waals surface area contributed by atoms with Gasteiger partial charge in [0.15, 0.2) is 0 Å². The zero-order chi connectivity index (χ0) is 48.0. The summed E-state index contributed by atoms with van der Waals surface area (Å²) < 4.78 is 28.3. The largest absolute Gasteiger partial charge is 0.388 e. The van der Waals surface area contributed by atoms with E-state index in [-0.39, 0.29) is 29.1 Å². The van der Waals surface area contributed by atoms with Crippen molar-refractivity contribution >= 4 is 27.9 Å². The number of aryl methyl sites for hydroxylation is 1. The predicted octanol–water partition coefficient (Wildman–Crippen LogP) is 12.0. The van der Waals surface area contributed by atoms with Crippen LogP contribution in [0.15, 0.2) is 135 Å². The van der Waals surface area contributed by atoms with Gasteiger partial charge in [0, 0.05) is 96.2 Å². The van der Waals surface area contributed by atoms with Crippen LogP contribution in [0, 0.1) is 17.8 Å². The Bertz CT molecular complexity index is 2450. The minimum Gasteiger partial charge on any atom is -0.388 e. The minimum absolute atomic E-state index is 0.153. The first-order chi connectivity index (χ1) is 31.1. The SMILES string of the molecule is C=C(NCC(C)(C)C(C)(C)C(=C)NCCc1ccc(N2CCN(C)CC2=C)s1)c1cccc(-c2nc(NC(=C)C3(c4ccc5c(c4)CC(F)(F)C5)CC3)ccc2C)c1.C=C/C=C/CN(C)C. The fraction of sp³-hybridized carbons (Fsp3) is 0.411. The van der Waals surface area contributed by atoms with Gasteiger partial charge in [-0.1, -0.05) is 121 Å². The van der Waals surface area contributed by atoms with Crippen molar-refractivity contribution in [3.63, 3.8) is 0 Å². The molecule has 10 heteroatoms. The van der Waals surface area contributed by atoms with E-state index in [4.69, 9.17) is 4.98 Å². The number of likely N-dealkylation sites (N-methyl/N-ethyl adjacent to an activating group) is 2. The number of aromatic nitrogens is 1. The van der Waals surface area contributed by atoms with E-state index in [9.17, 15) is 8.78 Å². The van der Waals surface area contributed by atoms with Crippen LogP contribution in [0.4, 0.5) is 19.6 Å². The number of allylic oxidation sites excluding steroid dienone is 4. The highest BCUT2D eigenvalue weighted by Gasteiger charge is 2.48. The van der Waals surface area contributed by atoms with E-state index < -0.39 is 5.92 Å². The summed E-state index contributed by atoms with van der Waals surface area (Å²) in [5.74, 6) is -1.95. The second-order valence-electron chi connectivity index (χ2n) is 19.9. The van der Waals surface area contributed by atoms with Gasteiger partial charge in [-0.2, -0.15) is 0 Å². The van der Waals surface area contributed by atoms with Crippen molar-refractivity contribution in [2.24, 2.45) is 10.8 Å². The Labute approximate surface area is 398 Å². The second kappa shape index (κ2) is 20.7. The van der Waals surface area contributed by atoms with E-state index in [2.05, 4.69) is 148 Å². The van der Waals surface area contributed by atoms with Gasteiger partial charge in [0.1, 0.15) is 5.82 Å². The number of nitrogens with one attached hydrogen (secondary N) is 3. The lowest BCUT2D eigenvalue weighted by Crippen LogP contribution is -2.44. The highest BCUT2D eigenvalue weighted by molar-refractivity contribution is 7.16. The number of hydrogen-bond acceptors (Lipinski definition) is 8. The van der Waals surface area contributed by atoms with Crippen LogP contribution in [0.3, 0.4) is 0 Å². The minimum atomic E-state index is -2.66. The standard InChI is InChI=1S/C49H60F2N6S.C7H13N/c1-32-14-18-43(54-36(5)48(21-22-48)41-16-15-39-28-49(50,51)29-40(39)27-41)55-45(32)38-13-11-12-37(26-38)34(3)53-31-46(6,7)47(8,9)35(4)52-23-20-42-17-19-44(58-42)57-25-24-56(10)30-33(57)2;1-4-5-6-7-8(2)3/h11-19,26-27,52-53H,2-5,20-25,28-31H2,1,6-10H3,(H,54,55);4-6H,1,7H2,2-3H3/b;6-5+. The van der Waals surface area contributed by atoms with Crippen LogP contribution >= 0.6 is 11.3 Å². The van der Waals surface area contributed by atoms with Crippen LogP contribution in [0.25, 0.3) is 17.0 Å². The molecule has 4 aromatic rings. The number of benzene rings is 2. The van der Waals surface area contributed by atoms with Gasteiger partial charge in [-0.15, -0.1) is 11.3 Å². The molecule has 2 fully saturated rings. The lowest BCUT2D eigenvalue weighted by Gasteiger charge is -2.44. The Morgan fingerprint density at radius 3 is 2.38 bits per heavy atom. The molecular formula is C56H73F2N7S. The Hall–Kier alpha value is -5.29. The summed E-state index contributed by atoms with van der Waals surface area (Å²) >= 11 is 1.86. The van der Waals surface area contributed by atoms with Crippen LogP contribution in [-0.4, -0.2) is 81.1 Å². The molecule has 2 aromatic heterocycles. The molecule has 0 unspecified atom stereocenters. The smallest absolute Gasteiger partial charge is 0.256 e. The molecule has 0 bridgehead atoms. The van der Waals surface area contributed by atoms with Gasteiger partial charge < -0.3 is 25.8 Å². The number of thiophene rings is 1. The molecule has 7 rings (SSSR count). The third kappa shape index (κ3) is 12.0. The lowest BCUT2D eigenvalue weighted by molar-refractivity contribution is 0.0130. The maximum atomic E-state index is 14.1. The Morgan fingerprint density at radius 2 is 1.68 bits per heavy atom. The van der Waals surface area contributed by atoms with Gasteiger partial charge in [-0.3, -0.25) is 4.90 Å². The van der Waals surface area contributed by atoms with Crippen molar-refractivity contribution in [1.29, 1.82) is 0 Å². The molecule has 3 aliphatic rings. The van der Waals surface area contributed by atoms with Crippen LogP contribution in [0.1, 0.15) is 73.2 Å². The maximum Gasteiger partial charge on any atom is 0.256 e. The highest BCUT2D eigenvalue weighted by atomic mass is 32.1. The van der Waals surface area contributed by atoms with Crippen LogP contribution in [-0.2, 0) is 24.7 Å². The number of hydrogen-bond donors (Lipinski definition) is 3. The van der Waals surface area contributed by atoms with E-state index in [1.165, 1.54) is 9.88 Å². The summed E-state index contributed by atoms with van der Waals surface area (Å²) in [5.41, 5.74) is 9.73. The summed E-state index contributed by atoms with van der Waals surface area (Å²) in [4.78, 5) is 13.2. The zero-order valence-corrected chi connectivity index (χ0v) is 41.7. The van der Waals surface area contributed by atoms with E-state index in [0.29, 0.717) is 12.4 Å². The third-order valence-corrected chi connectivity index (χ3v) is 15.1. The van der Waals surface area contributed by atoms with Crippen molar-refractivity contribution in [1.82, 2.24) is 25.4 Å². The maximum absolute atomic E-state index is 14.1. The van der Waals surface area contributed by atoms with Gasteiger partial charge in [-0.25, -0.2) is 13.8 Å². The summed E-state index contributed by atoms with van der Waals surface area (Å²) in [5, 5.41) is 12.1. The van der Waals surface area contributed by atoms with Crippen LogP contribution in [0.5, 0.6) is 0 Å². The molecule has 1 aliphatic heterocycles. The molecule has 0 radical (unpaired) electrons. The summed E-state index contributed by atoms with van der Waals surface area (Å²) in [6.07, 6.45) is 8.21. The number of pyridine rings is 1. The number of nitrogens with zero attached hydrogens (tertiary/aromatic N) is 4. The van der Waals surface area contributed by atoms with Gasteiger partial charge in [0.25, 0.3) is 5.92 Å². The fourth-order valence-corrected chi connectivity index (χ4v) is 9.67. The van der Waals surface area contributed by atoms with Crippen molar-refractivity contribution in [3.05, 3.63) is 168 Å². The van der Waals surface area contributed by atoms with Crippen molar-refractivity contribution in [3.8, 4) is 11.3 Å². The van der Waals surface area contributed by atoms with Crippen molar-refractivity contribution < 1.29 is 8.78 Å². The topological polar surface area (TPSA) is 58.7 Å². The Balaban J connectivity index is 0.000000824. The van der Waals surface area contributed by atoms with E-state index >= 15 is 0 Å². The van der Waals surface area contributed by atoms with E-state index in [1.807, 2.05) is 61.8 Å². The second-order valence-corrected chi connectivity index (χ2v) is 21.1. The molecule has 1 saturated heterocycles. The molecule has 0 spiro atoms. The number of halogens is 2. The summed E-state index contributed by atoms with van der Waals surface area (Å²) in [6.45, 7) is 37.8. The summed E-state index contributed by atoms with van der Waals surface area (Å²) in [7, 11) is 6.22. The molecule has 2 aromatic carbocycles. The lowest BCUT2D eigenvalue weighted by atomic mass is 9.66. The molecule has 7 nitrogen and oxygen atoms in total. The first-order valence-corrected chi connectivity index (χ1v) is 24.0. The first kappa shape index (κ1) is 50.1. The van der Waals surface area contributed by atoms with Crippen LogP contribution in [0.2, 0.25) is 0 Å². The third-order valence-electron chi connectivity index (χ3n) is 13.9. The number of fused-ring (bicyclic) bond motifs is 1. The fourth-order valence-electron chi connectivity index (χ4n) is 8.59. The molecular weight excluding hydrogens is 841 g/mol. The van der Waals surface area contributed by atoms with Crippen LogP contribution < -0.4 is 20.9 Å². The number of anilines is 2.